The molecule has 16 heavy (non-hydrogen) atoms. The van der Waals surface area contributed by atoms with Gasteiger partial charge in [0.25, 0.3) is 0 Å². The standard InChI is InChI=1S/C12H20N4/c1-16-11(7-10-15-16)6-9-14-12-5-3-2-4-8-13-12/h7,10H,2-6,8-9H2,1H3,(H,13,14). The van der Waals surface area contributed by atoms with Gasteiger partial charge in [-0.05, 0) is 18.9 Å². The number of aromatic nitrogens is 2. The molecule has 0 aliphatic carbocycles. The zero-order chi connectivity index (χ0) is 11.2. The van der Waals surface area contributed by atoms with Crippen LogP contribution in [0.5, 0.6) is 0 Å². The van der Waals surface area contributed by atoms with E-state index in [-0.39, 0.29) is 0 Å². The van der Waals surface area contributed by atoms with E-state index in [4.69, 9.17) is 0 Å². The number of aryl methyl sites for hydroxylation is 1. The molecule has 2 rings (SSSR count). The summed E-state index contributed by atoms with van der Waals surface area (Å²) in [6, 6.07) is 2.07. The lowest BCUT2D eigenvalue weighted by Gasteiger charge is -2.08. The molecule has 0 radical (unpaired) electrons. The van der Waals surface area contributed by atoms with E-state index < -0.39 is 0 Å². The molecule has 0 aromatic carbocycles. The number of hydrogen-bond acceptors (Lipinski definition) is 3. The van der Waals surface area contributed by atoms with Crippen molar-refractivity contribution in [3.8, 4) is 0 Å². The Labute approximate surface area is 96.8 Å². The van der Waals surface area contributed by atoms with Gasteiger partial charge < -0.3 is 5.32 Å². The summed E-state index contributed by atoms with van der Waals surface area (Å²) in [5.41, 5.74) is 1.27. The predicted molar refractivity (Wildman–Crippen MR) is 65.7 cm³/mol. The van der Waals surface area contributed by atoms with Crippen LogP contribution in [0.1, 0.15) is 31.4 Å². The molecule has 0 saturated carbocycles. The quantitative estimate of drug-likeness (QED) is 0.839. The van der Waals surface area contributed by atoms with Crippen molar-refractivity contribution in [3.05, 3.63) is 18.0 Å². The second-order valence-electron chi connectivity index (χ2n) is 4.26. The average molecular weight is 220 g/mol. The van der Waals surface area contributed by atoms with E-state index in [1.54, 1.807) is 0 Å². The van der Waals surface area contributed by atoms with Crippen LogP contribution in [0.15, 0.2) is 17.3 Å². The van der Waals surface area contributed by atoms with Crippen molar-refractivity contribution in [1.29, 1.82) is 0 Å². The van der Waals surface area contributed by atoms with Crippen LogP contribution in [0, 0.1) is 0 Å². The van der Waals surface area contributed by atoms with Gasteiger partial charge in [0, 0.05) is 44.9 Å². The fourth-order valence-electron chi connectivity index (χ4n) is 2.00. The van der Waals surface area contributed by atoms with E-state index in [1.807, 2.05) is 17.9 Å². The van der Waals surface area contributed by atoms with Gasteiger partial charge >= 0.3 is 0 Å². The van der Waals surface area contributed by atoms with Crippen LogP contribution < -0.4 is 5.32 Å². The summed E-state index contributed by atoms with van der Waals surface area (Å²) >= 11 is 0. The van der Waals surface area contributed by atoms with Gasteiger partial charge in [-0.2, -0.15) is 5.10 Å². The van der Waals surface area contributed by atoms with Crippen LogP contribution >= 0.6 is 0 Å². The average Bonchev–Trinajstić information content (AvgIpc) is 2.55. The number of amidine groups is 1. The van der Waals surface area contributed by atoms with E-state index in [2.05, 4.69) is 21.5 Å². The molecule has 0 spiro atoms. The zero-order valence-electron chi connectivity index (χ0n) is 9.95. The number of nitrogens with one attached hydrogen (secondary N) is 1. The molecule has 4 nitrogen and oxygen atoms in total. The summed E-state index contributed by atoms with van der Waals surface area (Å²) in [7, 11) is 1.98. The lowest BCUT2D eigenvalue weighted by atomic mass is 10.2. The van der Waals surface area contributed by atoms with Crippen molar-refractivity contribution < 1.29 is 0 Å². The van der Waals surface area contributed by atoms with E-state index in [0.717, 1.165) is 25.9 Å². The van der Waals surface area contributed by atoms with Crippen LogP contribution in [0.25, 0.3) is 0 Å². The Kier molecular flexibility index (Phi) is 3.97. The maximum Gasteiger partial charge on any atom is 0.0963 e. The van der Waals surface area contributed by atoms with Crippen LogP contribution in [0.4, 0.5) is 0 Å². The maximum absolute atomic E-state index is 4.55. The summed E-state index contributed by atoms with van der Waals surface area (Å²) in [6.07, 6.45) is 7.81. The number of nitrogens with zero attached hydrogens (tertiary/aromatic N) is 3. The number of rotatable bonds is 3. The van der Waals surface area contributed by atoms with Crippen LogP contribution in [0.2, 0.25) is 0 Å². The maximum atomic E-state index is 4.55. The zero-order valence-corrected chi connectivity index (χ0v) is 9.95. The third-order valence-corrected chi connectivity index (χ3v) is 3.01. The highest BCUT2D eigenvalue weighted by Crippen LogP contribution is 2.06. The molecule has 1 aromatic heterocycles. The van der Waals surface area contributed by atoms with Gasteiger partial charge in [0.15, 0.2) is 0 Å². The van der Waals surface area contributed by atoms with Gasteiger partial charge in [0.1, 0.15) is 0 Å². The van der Waals surface area contributed by atoms with Crippen LogP contribution in [-0.2, 0) is 13.5 Å². The lowest BCUT2D eigenvalue weighted by molar-refractivity contribution is 0.691. The summed E-state index contributed by atoms with van der Waals surface area (Å²) < 4.78 is 1.93. The highest BCUT2D eigenvalue weighted by Gasteiger charge is 2.04. The molecule has 0 amide bonds. The van der Waals surface area contributed by atoms with Gasteiger partial charge in [-0.15, -0.1) is 0 Å². The molecule has 1 aromatic rings. The number of hydrogen-bond donors (Lipinski definition) is 1. The fraction of sp³-hybridized carbons (Fsp3) is 0.667. The minimum atomic E-state index is 0.957. The topological polar surface area (TPSA) is 42.2 Å². The molecular weight excluding hydrogens is 200 g/mol. The molecule has 88 valence electrons. The van der Waals surface area contributed by atoms with Crippen LogP contribution in [0.3, 0.4) is 0 Å². The molecule has 1 N–H and O–H groups in total. The molecule has 2 heterocycles. The molecule has 1 aliphatic rings. The third-order valence-electron chi connectivity index (χ3n) is 3.01. The van der Waals surface area contributed by atoms with Gasteiger partial charge in [-0.25, -0.2) is 0 Å². The molecule has 1 aliphatic heterocycles. The highest BCUT2D eigenvalue weighted by atomic mass is 15.3. The first-order valence-corrected chi connectivity index (χ1v) is 6.10. The summed E-state index contributed by atoms with van der Waals surface area (Å²) in [6.45, 7) is 1.95. The second kappa shape index (κ2) is 5.68. The van der Waals surface area contributed by atoms with E-state index in [0.29, 0.717) is 0 Å². The van der Waals surface area contributed by atoms with Gasteiger partial charge in [0.05, 0.1) is 5.84 Å². The van der Waals surface area contributed by atoms with Crippen molar-refractivity contribution in [3.63, 3.8) is 0 Å². The van der Waals surface area contributed by atoms with Crippen molar-refractivity contribution >= 4 is 5.84 Å². The Balaban J connectivity index is 1.75. The first-order chi connectivity index (χ1) is 7.86. The van der Waals surface area contributed by atoms with E-state index in [1.165, 1.54) is 30.8 Å². The van der Waals surface area contributed by atoms with E-state index >= 15 is 0 Å². The minimum absolute atomic E-state index is 0.957. The molecular formula is C12H20N4. The SMILES string of the molecule is Cn1nccc1CCNC1=NCCCCC1. The Bertz CT molecular complexity index is 354. The van der Waals surface area contributed by atoms with Crippen molar-refractivity contribution in [2.75, 3.05) is 13.1 Å². The van der Waals surface area contributed by atoms with Crippen molar-refractivity contribution in [2.45, 2.75) is 32.1 Å². The smallest absolute Gasteiger partial charge is 0.0963 e. The monoisotopic (exact) mass is 220 g/mol. The largest absolute Gasteiger partial charge is 0.373 e. The highest BCUT2D eigenvalue weighted by molar-refractivity contribution is 5.82. The number of aliphatic imine (C=N–C) groups is 1. The minimum Gasteiger partial charge on any atom is -0.373 e. The van der Waals surface area contributed by atoms with Gasteiger partial charge in [-0.1, -0.05) is 6.42 Å². The fourth-order valence-corrected chi connectivity index (χ4v) is 2.00. The summed E-state index contributed by atoms with van der Waals surface area (Å²) in [4.78, 5) is 4.55. The predicted octanol–water partition coefficient (Wildman–Crippen LogP) is 1.52. The molecule has 0 fully saturated rings. The first kappa shape index (κ1) is 11.2. The van der Waals surface area contributed by atoms with Gasteiger partial charge in [0.2, 0.25) is 0 Å². The van der Waals surface area contributed by atoms with Gasteiger partial charge in [-0.3, -0.25) is 9.67 Å². The Morgan fingerprint density at radius 2 is 2.31 bits per heavy atom. The Morgan fingerprint density at radius 3 is 3.12 bits per heavy atom. The molecule has 0 bridgehead atoms. The third kappa shape index (κ3) is 3.08. The Hall–Kier alpha value is -1.32. The molecule has 4 heteroatoms. The van der Waals surface area contributed by atoms with Crippen molar-refractivity contribution in [2.24, 2.45) is 12.0 Å². The summed E-state index contributed by atoms with van der Waals surface area (Å²) in [5, 5.41) is 7.59. The lowest BCUT2D eigenvalue weighted by Crippen LogP contribution is -2.26. The second-order valence-corrected chi connectivity index (χ2v) is 4.26. The Morgan fingerprint density at radius 1 is 1.38 bits per heavy atom. The summed E-state index contributed by atoms with van der Waals surface area (Å²) in [5.74, 6) is 1.19. The molecule has 0 unspecified atom stereocenters. The normalized spacial score (nSPS) is 16.7. The molecule has 0 saturated heterocycles. The first-order valence-electron chi connectivity index (χ1n) is 6.10. The van der Waals surface area contributed by atoms with Crippen molar-refractivity contribution in [1.82, 2.24) is 15.1 Å². The van der Waals surface area contributed by atoms with Crippen LogP contribution in [-0.4, -0.2) is 28.7 Å². The van der Waals surface area contributed by atoms with E-state index in [9.17, 15) is 0 Å². The molecule has 0 atom stereocenters.